The van der Waals surface area contributed by atoms with E-state index in [1.54, 1.807) is 0 Å². The second kappa shape index (κ2) is 11.3. The molecule has 0 aliphatic heterocycles. The summed E-state index contributed by atoms with van der Waals surface area (Å²) < 4.78 is 0. The van der Waals surface area contributed by atoms with Crippen LogP contribution in [0.25, 0.3) is 43.4 Å². The number of thioether (sulfide) groups is 1. The first-order valence-corrected chi connectivity index (χ1v) is 17.8. The highest BCUT2D eigenvalue weighted by Crippen LogP contribution is 2.56. The van der Waals surface area contributed by atoms with Crippen molar-refractivity contribution in [2.24, 2.45) is 0 Å². The summed E-state index contributed by atoms with van der Waals surface area (Å²) in [5, 5.41) is 8.53. The zero-order valence-electron chi connectivity index (χ0n) is 28.1. The molecular weight excluding hydrogens is 587 g/mol. The SMILES string of the molecule is CC(C)Sc1ccc(N(c2ccc(C(C)C)cc2)c2ccc3c4c(ccc3c2)-c2c(c3ccccc3c3ccccc23)C4(C)C)cc1. The largest absolute Gasteiger partial charge is 0.310 e. The van der Waals surface area contributed by atoms with Crippen LogP contribution in [0.2, 0.25) is 0 Å². The zero-order valence-corrected chi connectivity index (χ0v) is 29.0. The number of rotatable bonds is 6. The fourth-order valence-corrected chi connectivity index (χ4v) is 8.77. The summed E-state index contributed by atoms with van der Waals surface area (Å²) >= 11 is 1.91. The molecule has 47 heavy (non-hydrogen) atoms. The van der Waals surface area contributed by atoms with Gasteiger partial charge in [-0.3, -0.25) is 0 Å². The zero-order chi connectivity index (χ0) is 32.4. The van der Waals surface area contributed by atoms with Crippen molar-refractivity contribution in [1.29, 1.82) is 0 Å². The van der Waals surface area contributed by atoms with E-state index in [1.165, 1.54) is 82.1 Å². The predicted molar refractivity (Wildman–Crippen MR) is 206 cm³/mol. The Hall–Kier alpha value is -4.53. The third kappa shape index (κ3) is 4.85. The summed E-state index contributed by atoms with van der Waals surface area (Å²) in [4.78, 5) is 3.70. The van der Waals surface area contributed by atoms with Gasteiger partial charge in [-0.15, -0.1) is 11.8 Å². The van der Waals surface area contributed by atoms with Crippen LogP contribution in [-0.2, 0) is 5.41 Å². The van der Waals surface area contributed by atoms with E-state index in [4.69, 9.17) is 0 Å². The van der Waals surface area contributed by atoms with Crippen LogP contribution in [0.15, 0.2) is 132 Å². The monoisotopic (exact) mass is 627 g/mol. The third-order valence-electron chi connectivity index (χ3n) is 10.00. The Morgan fingerprint density at radius 1 is 0.532 bits per heavy atom. The van der Waals surface area contributed by atoms with Crippen molar-refractivity contribution in [3.8, 4) is 11.1 Å². The maximum absolute atomic E-state index is 2.42. The highest BCUT2D eigenvalue weighted by Gasteiger charge is 2.39. The smallest absolute Gasteiger partial charge is 0.0468 e. The third-order valence-corrected chi connectivity index (χ3v) is 11.0. The molecule has 1 nitrogen and oxygen atoms in total. The van der Waals surface area contributed by atoms with Crippen molar-refractivity contribution in [1.82, 2.24) is 0 Å². The first-order chi connectivity index (χ1) is 22.7. The second-order valence-corrected chi connectivity index (χ2v) is 15.8. The highest BCUT2D eigenvalue weighted by molar-refractivity contribution is 7.99. The van der Waals surface area contributed by atoms with Crippen LogP contribution in [0.1, 0.15) is 64.2 Å². The molecule has 8 rings (SSSR count). The number of hydrogen-bond donors (Lipinski definition) is 0. The summed E-state index contributed by atoms with van der Waals surface area (Å²) in [5.74, 6) is 0.495. The van der Waals surface area contributed by atoms with Crippen LogP contribution >= 0.6 is 11.8 Å². The molecule has 7 aromatic carbocycles. The predicted octanol–water partition coefficient (Wildman–Crippen LogP) is 13.5. The van der Waals surface area contributed by atoms with Gasteiger partial charge in [-0.05, 0) is 115 Å². The Bertz CT molecular complexity index is 2290. The summed E-state index contributed by atoms with van der Waals surface area (Å²) in [6.45, 7) is 13.8. The van der Waals surface area contributed by atoms with Gasteiger partial charge in [0.15, 0.2) is 0 Å². The second-order valence-electron chi connectivity index (χ2n) is 14.1. The molecule has 0 atom stereocenters. The lowest BCUT2D eigenvalue weighted by Gasteiger charge is -2.28. The molecule has 232 valence electrons. The van der Waals surface area contributed by atoms with Crippen molar-refractivity contribution in [3.63, 3.8) is 0 Å². The molecular formula is C45H41NS. The van der Waals surface area contributed by atoms with Crippen LogP contribution in [0.4, 0.5) is 17.1 Å². The van der Waals surface area contributed by atoms with Gasteiger partial charge >= 0.3 is 0 Å². The highest BCUT2D eigenvalue weighted by atomic mass is 32.2. The Morgan fingerprint density at radius 3 is 1.74 bits per heavy atom. The van der Waals surface area contributed by atoms with E-state index in [1.807, 2.05) is 11.8 Å². The van der Waals surface area contributed by atoms with E-state index in [-0.39, 0.29) is 5.41 Å². The first-order valence-electron chi connectivity index (χ1n) is 16.9. The lowest BCUT2D eigenvalue weighted by molar-refractivity contribution is 0.672. The molecule has 1 aliphatic carbocycles. The first kappa shape index (κ1) is 29.8. The molecule has 0 saturated carbocycles. The summed E-state index contributed by atoms with van der Waals surface area (Å²) in [5.41, 5.74) is 10.4. The molecule has 0 spiro atoms. The molecule has 2 heteroatoms. The molecule has 0 heterocycles. The lowest BCUT2D eigenvalue weighted by atomic mass is 9.78. The van der Waals surface area contributed by atoms with Crippen LogP contribution in [0, 0.1) is 0 Å². The van der Waals surface area contributed by atoms with Gasteiger partial charge in [0.2, 0.25) is 0 Å². The molecule has 0 bridgehead atoms. The molecule has 0 fully saturated rings. The van der Waals surface area contributed by atoms with Gasteiger partial charge in [0.1, 0.15) is 0 Å². The normalized spacial score (nSPS) is 13.5. The van der Waals surface area contributed by atoms with Gasteiger partial charge in [0, 0.05) is 32.6 Å². The molecule has 0 saturated heterocycles. The average molecular weight is 628 g/mol. The standard InChI is InChI=1S/C45H41NS/c1-28(2)30-15-18-32(19-16-30)46(33-20-23-35(24-21-33)47-29(3)4)34-22-26-36-31(27-34)17-25-41-42-39-13-9-7-11-37(39)38-12-8-10-14-40(38)44(42)45(5,6)43(36)41/h7-29H,1-6H3. The molecule has 1 aliphatic rings. The molecule has 7 aromatic rings. The van der Waals surface area contributed by atoms with E-state index in [0.29, 0.717) is 11.2 Å². The summed E-state index contributed by atoms with van der Waals surface area (Å²) in [7, 11) is 0. The molecule has 0 unspecified atom stereocenters. The Balaban J connectivity index is 1.31. The fraction of sp³-hybridized carbons (Fsp3) is 0.200. The number of hydrogen-bond acceptors (Lipinski definition) is 2. The van der Waals surface area contributed by atoms with Gasteiger partial charge in [-0.25, -0.2) is 0 Å². The average Bonchev–Trinajstić information content (AvgIpc) is 3.33. The van der Waals surface area contributed by atoms with Gasteiger partial charge < -0.3 is 4.90 Å². The van der Waals surface area contributed by atoms with Crippen molar-refractivity contribution >= 4 is 61.1 Å². The van der Waals surface area contributed by atoms with E-state index in [0.717, 1.165) is 0 Å². The van der Waals surface area contributed by atoms with Crippen LogP contribution in [-0.4, -0.2) is 5.25 Å². The minimum absolute atomic E-state index is 0.147. The van der Waals surface area contributed by atoms with Gasteiger partial charge in [-0.2, -0.15) is 0 Å². The summed E-state index contributed by atoms with van der Waals surface area (Å²) in [6, 6.07) is 47.9. The molecule has 0 N–H and O–H groups in total. The lowest BCUT2D eigenvalue weighted by Crippen LogP contribution is -2.16. The van der Waals surface area contributed by atoms with Crippen LogP contribution in [0.5, 0.6) is 0 Å². The molecule has 0 radical (unpaired) electrons. The number of benzene rings is 7. The Labute approximate surface area is 283 Å². The van der Waals surface area contributed by atoms with E-state index < -0.39 is 0 Å². The minimum Gasteiger partial charge on any atom is -0.310 e. The van der Waals surface area contributed by atoms with E-state index in [2.05, 4.69) is 174 Å². The quantitative estimate of drug-likeness (QED) is 0.133. The maximum atomic E-state index is 2.42. The van der Waals surface area contributed by atoms with Crippen LogP contribution in [0.3, 0.4) is 0 Å². The van der Waals surface area contributed by atoms with Gasteiger partial charge in [0.05, 0.1) is 0 Å². The van der Waals surface area contributed by atoms with Gasteiger partial charge in [-0.1, -0.05) is 120 Å². The van der Waals surface area contributed by atoms with Gasteiger partial charge in [0.25, 0.3) is 0 Å². The Kier molecular flexibility index (Phi) is 7.19. The topological polar surface area (TPSA) is 3.24 Å². The molecule has 0 aromatic heterocycles. The van der Waals surface area contributed by atoms with Crippen molar-refractivity contribution < 1.29 is 0 Å². The van der Waals surface area contributed by atoms with Crippen molar-refractivity contribution in [2.45, 2.75) is 63.0 Å². The van der Waals surface area contributed by atoms with E-state index in [9.17, 15) is 0 Å². The molecule has 0 amide bonds. The minimum atomic E-state index is -0.147. The number of anilines is 3. The van der Waals surface area contributed by atoms with E-state index >= 15 is 0 Å². The Morgan fingerprint density at radius 2 is 1.11 bits per heavy atom. The van der Waals surface area contributed by atoms with Crippen molar-refractivity contribution in [3.05, 3.63) is 144 Å². The number of fused-ring (bicyclic) bond motifs is 10. The van der Waals surface area contributed by atoms with Crippen LogP contribution < -0.4 is 4.90 Å². The van der Waals surface area contributed by atoms with Crippen molar-refractivity contribution in [2.75, 3.05) is 4.90 Å². The number of nitrogens with zero attached hydrogens (tertiary/aromatic N) is 1. The fourth-order valence-electron chi connectivity index (χ4n) is 7.93. The summed E-state index contributed by atoms with van der Waals surface area (Å²) in [6.07, 6.45) is 0. The maximum Gasteiger partial charge on any atom is 0.0468 e.